The highest BCUT2D eigenvalue weighted by Gasteiger charge is 2.16. The van der Waals surface area contributed by atoms with Crippen molar-refractivity contribution in [2.24, 2.45) is 0 Å². The van der Waals surface area contributed by atoms with Crippen molar-refractivity contribution in [2.75, 3.05) is 16.6 Å². The molecule has 2 aromatic rings. The quantitative estimate of drug-likeness (QED) is 0.853. The molecule has 0 spiro atoms. The van der Waals surface area contributed by atoms with Crippen molar-refractivity contribution in [3.8, 4) is 0 Å². The molecule has 0 unspecified atom stereocenters. The zero-order valence-corrected chi connectivity index (χ0v) is 13.1. The summed E-state index contributed by atoms with van der Waals surface area (Å²) in [6.45, 7) is 2.67. The van der Waals surface area contributed by atoms with E-state index in [0.29, 0.717) is 10.9 Å². The van der Waals surface area contributed by atoms with Gasteiger partial charge in [0.1, 0.15) is 10.7 Å². The van der Waals surface area contributed by atoms with Crippen molar-refractivity contribution in [3.63, 3.8) is 0 Å². The molecule has 0 aromatic carbocycles. The highest BCUT2D eigenvalue weighted by molar-refractivity contribution is 9.11. The second-order valence-corrected chi connectivity index (χ2v) is 7.58. The normalized spacial score (nSPS) is 11.3. The summed E-state index contributed by atoms with van der Waals surface area (Å²) in [6.07, 6.45) is 2.85. The minimum atomic E-state index is -3.64. The maximum Gasteiger partial charge on any atom is 0.265 e. The third-order valence-corrected chi connectivity index (χ3v) is 4.95. The fraction of sp³-hybridized carbons (Fsp3) is 0.200. The van der Waals surface area contributed by atoms with Crippen LogP contribution in [0.15, 0.2) is 33.2 Å². The van der Waals surface area contributed by atoms with Crippen LogP contribution in [-0.4, -0.2) is 24.9 Å². The molecule has 0 aliphatic carbocycles. The van der Waals surface area contributed by atoms with E-state index in [0.717, 1.165) is 10.3 Å². The number of pyridine rings is 1. The lowest BCUT2D eigenvalue weighted by Gasteiger charge is -2.06. The molecule has 0 aliphatic rings. The Hall–Kier alpha value is -1.19. The lowest BCUT2D eigenvalue weighted by atomic mass is 10.4. The van der Waals surface area contributed by atoms with E-state index >= 15 is 0 Å². The summed E-state index contributed by atoms with van der Waals surface area (Å²) in [4.78, 5) is 8.04. The number of rotatable bonds is 5. The van der Waals surface area contributed by atoms with Gasteiger partial charge in [-0.3, -0.25) is 4.72 Å². The molecule has 0 saturated carbocycles. The molecular weight excluding hydrogens is 352 g/mol. The molecular formula is C10H11BrN4O2S2. The Bertz CT molecular complexity index is 654. The molecule has 102 valence electrons. The van der Waals surface area contributed by atoms with Crippen LogP contribution in [0.25, 0.3) is 0 Å². The lowest BCUT2D eigenvalue weighted by molar-refractivity contribution is 0.601. The minimum absolute atomic E-state index is 0.0977. The zero-order chi connectivity index (χ0) is 13.9. The second kappa shape index (κ2) is 5.85. The highest BCUT2D eigenvalue weighted by Crippen LogP contribution is 2.25. The van der Waals surface area contributed by atoms with E-state index in [1.54, 1.807) is 6.07 Å². The van der Waals surface area contributed by atoms with Crippen LogP contribution in [0.2, 0.25) is 0 Å². The van der Waals surface area contributed by atoms with Crippen molar-refractivity contribution in [1.82, 2.24) is 9.97 Å². The van der Waals surface area contributed by atoms with Gasteiger partial charge < -0.3 is 5.32 Å². The van der Waals surface area contributed by atoms with Crippen molar-refractivity contribution in [3.05, 3.63) is 28.3 Å². The molecule has 0 saturated heterocycles. The van der Waals surface area contributed by atoms with Crippen LogP contribution in [0.5, 0.6) is 0 Å². The van der Waals surface area contributed by atoms with Gasteiger partial charge in [-0.05, 0) is 35.0 Å². The van der Waals surface area contributed by atoms with Crippen LogP contribution in [0, 0.1) is 0 Å². The van der Waals surface area contributed by atoms with Gasteiger partial charge in [0.15, 0.2) is 5.13 Å². The van der Waals surface area contributed by atoms with Crippen molar-refractivity contribution < 1.29 is 8.42 Å². The van der Waals surface area contributed by atoms with Gasteiger partial charge in [-0.25, -0.2) is 18.4 Å². The molecule has 6 nitrogen and oxygen atoms in total. The van der Waals surface area contributed by atoms with Gasteiger partial charge in [0.25, 0.3) is 10.0 Å². The van der Waals surface area contributed by atoms with E-state index in [-0.39, 0.29) is 4.90 Å². The number of nitrogens with one attached hydrogen (secondary N) is 2. The fourth-order valence-electron chi connectivity index (χ4n) is 1.30. The number of sulfonamides is 1. The van der Waals surface area contributed by atoms with Crippen LogP contribution < -0.4 is 10.0 Å². The average Bonchev–Trinajstić information content (AvgIpc) is 2.75. The summed E-state index contributed by atoms with van der Waals surface area (Å²) >= 11 is 4.43. The van der Waals surface area contributed by atoms with Crippen LogP contribution >= 0.6 is 27.3 Å². The van der Waals surface area contributed by atoms with E-state index in [1.165, 1.54) is 29.8 Å². The SMILES string of the molecule is CCNc1ccc(S(=O)(=O)Nc2ncc(Br)s2)cn1. The van der Waals surface area contributed by atoms with E-state index in [4.69, 9.17) is 0 Å². The highest BCUT2D eigenvalue weighted by atomic mass is 79.9. The first-order valence-corrected chi connectivity index (χ1v) is 8.44. The predicted molar refractivity (Wildman–Crippen MR) is 79.0 cm³/mol. The topological polar surface area (TPSA) is 84.0 Å². The molecule has 0 fully saturated rings. The Morgan fingerprint density at radius 1 is 1.32 bits per heavy atom. The summed E-state index contributed by atoms with van der Waals surface area (Å²) in [5.41, 5.74) is 0. The summed E-state index contributed by atoms with van der Waals surface area (Å²) in [5.74, 6) is 0.637. The Labute approximate surface area is 123 Å². The standard InChI is InChI=1S/C10H11BrN4O2S2/c1-2-12-9-4-3-7(5-13-9)19(16,17)15-10-14-6-8(11)18-10/h3-6H,2H2,1H3,(H,12,13)(H,14,15). The molecule has 0 amide bonds. The smallest absolute Gasteiger partial charge is 0.265 e. The third-order valence-electron chi connectivity index (χ3n) is 2.10. The van der Waals surface area contributed by atoms with Crippen molar-refractivity contribution >= 4 is 48.2 Å². The van der Waals surface area contributed by atoms with Gasteiger partial charge in [-0.2, -0.15) is 0 Å². The van der Waals surface area contributed by atoms with Gasteiger partial charge in [-0.1, -0.05) is 11.3 Å². The molecule has 2 rings (SSSR count). The summed E-state index contributed by atoms with van der Waals surface area (Å²) in [7, 11) is -3.64. The van der Waals surface area contributed by atoms with E-state index in [9.17, 15) is 8.42 Å². The summed E-state index contributed by atoms with van der Waals surface area (Å²) in [5, 5.41) is 3.30. The Morgan fingerprint density at radius 2 is 2.11 bits per heavy atom. The van der Waals surface area contributed by atoms with Crippen LogP contribution in [0.4, 0.5) is 10.9 Å². The number of nitrogens with zero attached hydrogens (tertiary/aromatic N) is 2. The molecule has 2 aromatic heterocycles. The molecule has 0 atom stereocenters. The maximum atomic E-state index is 12.1. The molecule has 0 bridgehead atoms. The number of hydrogen-bond donors (Lipinski definition) is 2. The molecule has 0 radical (unpaired) electrons. The predicted octanol–water partition coefficient (Wildman–Crippen LogP) is 2.53. The van der Waals surface area contributed by atoms with Crippen molar-refractivity contribution in [1.29, 1.82) is 0 Å². The number of thiazole rings is 1. The number of aromatic nitrogens is 2. The molecule has 2 heterocycles. The third kappa shape index (κ3) is 3.64. The van der Waals surface area contributed by atoms with Crippen LogP contribution in [-0.2, 0) is 10.0 Å². The van der Waals surface area contributed by atoms with E-state index < -0.39 is 10.0 Å². The first kappa shape index (κ1) is 14.2. The zero-order valence-electron chi connectivity index (χ0n) is 9.92. The maximum absolute atomic E-state index is 12.1. The molecule has 2 N–H and O–H groups in total. The monoisotopic (exact) mass is 362 g/mol. The average molecular weight is 363 g/mol. The van der Waals surface area contributed by atoms with Crippen LogP contribution in [0.1, 0.15) is 6.92 Å². The van der Waals surface area contributed by atoms with Gasteiger partial charge >= 0.3 is 0 Å². The summed E-state index contributed by atoms with van der Waals surface area (Å²) in [6, 6.07) is 3.12. The van der Waals surface area contributed by atoms with E-state index in [1.807, 2.05) is 6.92 Å². The molecule has 9 heteroatoms. The van der Waals surface area contributed by atoms with Crippen molar-refractivity contribution in [2.45, 2.75) is 11.8 Å². The lowest BCUT2D eigenvalue weighted by Crippen LogP contribution is -2.13. The summed E-state index contributed by atoms with van der Waals surface area (Å²) < 4.78 is 27.3. The second-order valence-electron chi connectivity index (χ2n) is 3.48. The van der Waals surface area contributed by atoms with Gasteiger partial charge in [-0.15, -0.1) is 0 Å². The number of halogens is 1. The van der Waals surface area contributed by atoms with Gasteiger partial charge in [0.05, 0.1) is 9.98 Å². The van der Waals surface area contributed by atoms with Crippen LogP contribution in [0.3, 0.4) is 0 Å². The molecule has 0 aliphatic heterocycles. The largest absolute Gasteiger partial charge is 0.370 e. The first-order valence-electron chi connectivity index (χ1n) is 5.35. The fourth-order valence-corrected chi connectivity index (χ4v) is 3.59. The Kier molecular flexibility index (Phi) is 4.38. The number of anilines is 2. The van der Waals surface area contributed by atoms with Gasteiger partial charge in [0, 0.05) is 12.7 Å². The Balaban J connectivity index is 2.19. The van der Waals surface area contributed by atoms with Gasteiger partial charge in [0.2, 0.25) is 0 Å². The first-order chi connectivity index (χ1) is 9.01. The number of hydrogen-bond acceptors (Lipinski definition) is 6. The molecule has 19 heavy (non-hydrogen) atoms. The Morgan fingerprint density at radius 3 is 2.63 bits per heavy atom. The minimum Gasteiger partial charge on any atom is -0.370 e. The van der Waals surface area contributed by atoms with E-state index in [2.05, 4.69) is 35.9 Å².